The molecule has 0 aliphatic heterocycles. The summed E-state index contributed by atoms with van der Waals surface area (Å²) in [5, 5.41) is 7.05. The number of benzene rings is 2. The number of rotatable bonds is 6. The van der Waals surface area contributed by atoms with Gasteiger partial charge in [-0.15, -0.1) is 0 Å². The van der Waals surface area contributed by atoms with Crippen molar-refractivity contribution in [1.82, 2.24) is 20.1 Å². The van der Waals surface area contributed by atoms with Crippen molar-refractivity contribution in [3.05, 3.63) is 81.5 Å². The average molecular weight is 438 g/mol. The van der Waals surface area contributed by atoms with Crippen molar-refractivity contribution in [3.8, 4) is 22.6 Å². The first-order chi connectivity index (χ1) is 13.7. The summed E-state index contributed by atoms with van der Waals surface area (Å²) in [6.07, 6.45) is 2.42. The third kappa shape index (κ3) is 4.34. The summed E-state index contributed by atoms with van der Waals surface area (Å²) in [7, 11) is 0. The van der Waals surface area contributed by atoms with Gasteiger partial charge in [0.15, 0.2) is 5.82 Å². The van der Waals surface area contributed by atoms with Crippen LogP contribution < -0.4 is 11.1 Å². The molecule has 0 bridgehead atoms. The highest BCUT2D eigenvalue weighted by Gasteiger charge is 2.08. The standard InChI is InChI=1S/C20H16BrN5O2/c21-16-6-4-13(5-7-16)8-9-22-18-11-17(23-12-24-18)14-2-1-3-15(10-14)19-25-20(27)28-26-19/h1-7,10-12H,8-9H2,(H,22,23,24)(H,25,26,27). The molecular formula is C20H16BrN5O2. The van der Waals surface area contributed by atoms with Gasteiger partial charge in [-0.2, -0.15) is 0 Å². The largest absolute Gasteiger partial charge is 0.439 e. The van der Waals surface area contributed by atoms with Crippen LogP contribution in [0.15, 0.2) is 74.7 Å². The Morgan fingerprint density at radius 3 is 2.64 bits per heavy atom. The minimum Gasteiger partial charge on any atom is -0.370 e. The number of hydrogen-bond donors (Lipinski definition) is 2. The molecular weight excluding hydrogens is 422 g/mol. The van der Waals surface area contributed by atoms with E-state index in [2.05, 4.69) is 58.0 Å². The zero-order valence-corrected chi connectivity index (χ0v) is 16.3. The van der Waals surface area contributed by atoms with Gasteiger partial charge in [0.2, 0.25) is 0 Å². The molecule has 2 N–H and O–H groups in total. The zero-order valence-electron chi connectivity index (χ0n) is 14.7. The molecule has 8 heteroatoms. The number of hydrogen-bond acceptors (Lipinski definition) is 6. The van der Waals surface area contributed by atoms with Crippen molar-refractivity contribution in [3.63, 3.8) is 0 Å². The van der Waals surface area contributed by atoms with E-state index in [4.69, 9.17) is 0 Å². The molecule has 0 radical (unpaired) electrons. The minimum atomic E-state index is -0.584. The highest BCUT2D eigenvalue weighted by Crippen LogP contribution is 2.23. The topological polar surface area (TPSA) is 96.7 Å². The van der Waals surface area contributed by atoms with E-state index in [1.54, 1.807) is 0 Å². The number of H-pyrrole nitrogens is 1. The molecule has 4 aromatic rings. The van der Waals surface area contributed by atoms with Crippen LogP contribution in [-0.4, -0.2) is 26.7 Å². The molecule has 0 aliphatic carbocycles. The monoisotopic (exact) mass is 437 g/mol. The normalized spacial score (nSPS) is 10.8. The summed E-state index contributed by atoms with van der Waals surface area (Å²) in [6.45, 7) is 0.762. The Bertz CT molecular complexity index is 1140. The lowest BCUT2D eigenvalue weighted by atomic mass is 10.1. The molecule has 7 nitrogen and oxygen atoms in total. The molecule has 2 heterocycles. The summed E-state index contributed by atoms with van der Waals surface area (Å²) in [4.78, 5) is 22.4. The average Bonchev–Trinajstić information content (AvgIpc) is 3.16. The van der Waals surface area contributed by atoms with Crippen molar-refractivity contribution in [1.29, 1.82) is 0 Å². The molecule has 28 heavy (non-hydrogen) atoms. The Balaban J connectivity index is 1.47. The van der Waals surface area contributed by atoms with Gasteiger partial charge in [0.25, 0.3) is 0 Å². The van der Waals surface area contributed by atoms with Gasteiger partial charge in [0, 0.05) is 28.2 Å². The second kappa shape index (κ2) is 8.18. The number of aromatic amines is 1. The van der Waals surface area contributed by atoms with Gasteiger partial charge in [-0.25, -0.2) is 14.8 Å². The quantitative estimate of drug-likeness (QED) is 0.474. The van der Waals surface area contributed by atoms with Gasteiger partial charge in [-0.1, -0.05) is 51.4 Å². The van der Waals surface area contributed by atoms with Crippen LogP contribution >= 0.6 is 15.9 Å². The molecule has 2 aromatic heterocycles. The van der Waals surface area contributed by atoms with Crippen LogP contribution in [0.1, 0.15) is 5.56 Å². The Morgan fingerprint density at radius 1 is 1.04 bits per heavy atom. The van der Waals surface area contributed by atoms with Crippen molar-refractivity contribution in [2.24, 2.45) is 0 Å². The number of aromatic nitrogens is 4. The fraction of sp³-hybridized carbons (Fsp3) is 0.100. The first kappa shape index (κ1) is 18.1. The van der Waals surface area contributed by atoms with Gasteiger partial charge in [0.05, 0.1) is 5.69 Å². The SMILES string of the molecule is O=c1[nH]c(-c2cccc(-c3cc(NCCc4ccc(Br)cc4)ncn3)c2)no1. The molecule has 0 atom stereocenters. The highest BCUT2D eigenvalue weighted by atomic mass is 79.9. The lowest BCUT2D eigenvalue weighted by Gasteiger charge is -2.08. The first-order valence-corrected chi connectivity index (χ1v) is 9.44. The zero-order chi connectivity index (χ0) is 19.3. The van der Waals surface area contributed by atoms with Crippen LogP contribution in [0.4, 0.5) is 5.82 Å². The summed E-state index contributed by atoms with van der Waals surface area (Å²) in [6, 6.07) is 17.7. The van der Waals surface area contributed by atoms with Gasteiger partial charge < -0.3 is 5.32 Å². The lowest BCUT2D eigenvalue weighted by Crippen LogP contribution is -2.06. The van der Waals surface area contributed by atoms with Crippen molar-refractivity contribution >= 4 is 21.7 Å². The van der Waals surface area contributed by atoms with E-state index in [0.717, 1.165) is 40.1 Å². The maximum absolute atomic E-state index is 11.2. The molecule has 0 aliphatic rings. The van der Waals surface area contributed by atoms with E-state index in [1.807, 2.05) is 42.5 Å². The maximum atomic E-state index is 11.2. The predicted octanol–water partition coefficient (Wildman–Crippen LogP) is 3.90. The van der Waals surface area contributed by atoms with Crippen molar-refractivity contribution in [2.75, 3.05) is 11.9 Å². The first-order valence-electron chi connectivity index (χ1n) is 8.64. The van der Waals surface area contributed by atoms with Crippen molar-refractivity contribution in [2.45, 2.75) is 6.42 Å². The second-order valence-electron chi connectivity index (χ2n) is 6.12. The third-order valence-electron chi connectivity index (χ3n) is 4.17. The van der Waals surface area contributed by atoms with Gasteiger partial charge in [-0.3, -0.25) is 9.51 Å². The van der Waals surface area contributed by atoms with Crippen LogP contribution in [0.2, 0.25) is 0 Å². The van der Waals surface area contributed by atoms with Crippen LogP contribution in [0, 0.1) is 0 Å². The van der Waals surface area contributed by atoms with Crippen LogP contribution in [0.3, 0.4) is 0 Å². The molecule has 2 aromatic carbocycles. The molecule has 0 saturated carbocycles. The summed E-state index contributed by atoms with van der Waals surface area (Å²) >= 11 is 3.44. The van der Waals surface area contributed by atoms with Crippen LogP contribution in [0.25, 0.3) is 22.6 Å². The minimum absolute atomic E-state index is 0.383. The fourth-order valence-corrected chi connectivity index (χ4v) is 3.04. The van der Waals surface area contributed by atoms with E-state index in [-0.39, 0.29) is 0 Å². The van der Waals surface area contributed by atoms with E-state index < -0.39 is 5.76 Å². The van der Waals surface area contributed by atoms with E-state index >= 15 is 0 Å². The molecule has 0 saturated heterocycles. The van der Waals surface area contributed by atoms with Crippen LogP contribution in [-0.2, 0) is 6.42 Å². The number of nitrogens with one attached hydrogen (secondary N) is 2. The van der Waals surface area contributed by atoms with Gasteiger partial charge >= 0.3 is 5.76 Å². The molecule has 0 unspecified atom stereocenters. The van der Waals surface area contributed by atoms with Crippen LogP contribution in [0.5, 0.6) is 0 Å². The Kier molecular flexibility index (Phi) is 5.29. The predicted molar refractivity (Wildman–Crippen MR) is 110 cm³/mol. The molecule has 4 rings (SSSR count). The van der Waals surface area contributed by atoms with E-state index in [0.29, 0.717) is 5.82 Å². The lowest BCUT2D eigenvalue weighted by molar-refractivity contribution is 0.388. The van der Waals surface area contributed by atoms with Crippen molar-refractivity contribution < 1.29 is 4.52 Å². The highest BCUT2D eigenvalue weighted by molar-refractivity contribution is 9.10. The Morgan fingerprint density at radius 2 is 1.86 bits per heavy atom. The maximum Gasteiger partial charge on any atom is 0.439 e. The Hall–Kier alpha value is -3.26. The summed E-state index contributed by atoms with van der Waals surface area (Å²) in [5.74, 6) is 0.552. The second-order valence-corrected chi connectivity index (χ2v) is 7.03. The molecule has 0 fully saturated rings. The molecule has 0 amide bonds. The van der Waals surface area contributed by atoms with Gasteiger partial charge in [0.1, 0.15) is 12.1 Å². The number of anilines is 1. The van der Waals surface area contributed by atoms with E-state index in [1.165, 1.54) is 11.9 Å². The van der Waals surface area contributed by atoms with E-state index in [9.17, 15) is 4.79 Å². The third-order valence-corrected chi connectivity index (χ3v) is 4.70. The Labute approximate surface area is 169 Å². The number of nitrogens with zero attached hydrogens (tertiary/aromatic N) is 3. The smallest absolute Gasteiger partial charge is 0.370 e. The summed E-state index contributed by atoms with van der Waals surface area (Å²) in [5.41, 5.74) is 3.65. The summed E-state index contributed by atoms with van der Waals surface area (Å²) < 4.78 is 5.64. The molecule has 0 spiro atoms. The molecule has 140 valence electrons. The fourth-order valence-electron chi connectivity index (χ4n) is 2.78. The van der Waals surface area contributed by atoms with Gasteiger partial charge in [-0.05, 0) is 30.2 Å². The number of halogens is 1.